The minimum atomic E-state index is -0.361. The SMILES string of the molecule is C=CCn1c(SCC(=O)Nc2nnc(C3CCCCC3)s2)nnc1C(C)Oc1cc(C)c(Cl)c(C)c1. The summed E-state index contributed by atoms with van der Waals surface area (Å²) in [6.07, 6.45) is 7.48. The molecule has 2 aromatic heterocycles. The number of amides is 1. The standard InChI is InChI=1S/C25H31ClN6O2S2/c1-5-11-32-22(17(4)34-19-12-15(2)21(26)16(3)13-19)28-31-25(32)35-14-20(33)27-24-30-29-23(36-24)18-9-7-6-8-10-18/h5,12-13,17-18H,1,6-11,14H2,2-4H3,(H,27,30,33). The van der Waals surface area contributed by atoms with Crippen LogP contribution in [0.5, 0.6) is 5.75 Å². The highest BCUT2D eigenvalue weighted by atomic mass is 35.5. The first-order chi connectivity index (χ1) is 17.4. The summed E-state index contributed by atoms with van der Waals surface area (Å²) in [5.41, 5.74) is 1.91. The molecule has 1 aliphatic carbocycles. The van der Waals surface area contributed by atoms with Crippen molar-refractivity contribution in [2.75, 3.05) is 11.1 Å². The van der Waals surface area contributed by atoms with Crippen molar-refractivity contribution in [2.24, 2.45) is 0 Å². The predicted molar refractivity (Wildman–Crippen MR) is 145 cm³/mol. The number of rotatable bonds is 10. The molecule has 8 nitrogen and oxygen atoms in total. The minimum Gasteiger partial charge on any atom is -0.483 e. The molecule has 1 N–H and O–H groups in total. The van der Waals surface area contributed by atoms with Gasteiger partial charge in [-0.3, -0.25) is 14.7 Å². The van der Waals surface area contributed by atoms with E-state index in [2.05, 4.69) is 32.3 Å². The lowest BCUT2D eigenvalue weighted by molar-refractivity contribution is -0.113. The van der Waals surface area contributed by atoms with Crippen LogP contribution in [0.4, 0.5) is 5.13 Å². The number of ether oxygens (including phenoxy) is 1. The number of nitrogens with zero attached hydrogens (tertiary/aromatic N) is 5. The van der Waals surface area contributed by atoms with Gasteiger partial charge in [-0.1, -0.05) is 60.0 Å². The van der Waals surface area contributed by atoms with E-state index in [4.69, 9.17) is 16.3 Å². The Balaban J connectivity index is 1.38. The maximum Gasteiger partial charge on any atom is 0.236 e. The van der Waals surface area contributed by atoms with Crippen LogP contribution in [0.3, 0.4) is 0 Å². The second-order valence-electron chi connectivity index (χ2n) is 8.99. The normalized spacial score (nSPS) is 15.0. The molecule has 1 aliphatic rings. The molecule has 0 bridgehead atoms. The summed E-state index contributed by atoms with van der Waals surface area (Å²) < 4.78 is 8.07. The summed E-state index contributed by atoms with van der Waals surface area (Å²) in [7, 11) is 0. The number of carbonyl (C=O) groups is 1. The van der Waals surface area contributed by atoms with Crippen LogP contribution in [0.1, 0.15) is 73.0 Å². The summed E-state index contributed by atoms with van der Waals surface area (Å²) in [6.45, 7) is 10.2. The molecular formula is C25H31ClN6O2S2. The molecule has 3 aromatic rings. The van der Waals surface area contributed by atoms with Crippen molar-refractivity contribution in [3.63, 3.8) is 0 Å². The molecule has 1 saturated carbocycles. The first kappa shape index (κ1) is 26.6. The molecule has 4 rings (SSSR count). The molecular weight excluding hydrogens is 516 g/mol. The van der Waals surface area contributed by atoms with Crippen LogP contribution in [-0.4, -0.2) is 36.6 Å². The van der Waals surface area contributed by atoms with E-state index in [-0.39, 0.29) is 17.8 Å². The highest BCUT2D eigenvalue weighted by Gasteiger charge is 2.22. The number of nitrogens with one attached hydrogen (secondary N) is 1. The molecule has 1 aromatic carbocycles. The zero-order chi connectivity index (χ0) is 25.7. The summed E-state index contributed by atoms with van der Waals surface area (Å²) in [4.78, 5) is 12.6. The molecule has 1 atom stereocenters. The maximum absolute atomic E-state index is 12.6. The highest BCUT2D eigenvalue weighted by molar-refractivity contribution is 7.99. The first-order valence-corrected chi connectivity index (χ1v) is 14.3. The van der Waals surface area contributed by atoms with Gasteiger partial charge in [0.2, 0.25) is 11.0 Å². The largest absolute Gasteiger partial charge is 0.483 e. The minimum absolute atomic E-state index is 0.155. The van der Waals surface area contributed by atoms with Crippen molar-refractivity contribution in [3.8, 4) is 5.75 Å². The monoisotopic (exact) mass is 546 g/mol. The van der Waals surface area contributed by atoms with E-state index in [1.54, 1.807) is 6.08 Å². The number of hydrogen-bond acceptors (Lipinski definition) is 8. The molecule has 0 saturated heterocycles. The third-order valence-corrected chi connectivity index (χ3v) is 8.68. The number of halogens is 1. The van der Waals surface area contributed by atoms with Crippen LogP contribution < -0.4 is 10.1 Å². The second kappa shape index (κ2) is 12.2. The van der Waals surface area contributed by atoms with Crippen molar-refractivity contribution < 1.29 is 9.53 Å². The summed E-state index contributed by atoms with van der Waals surface area (Å²) in [5, 5.41) is 23.0. The van der Waals surface area contributed by atoms with E-state index < -0.39 is 0 Å². The molecule has 1 fully saturated rings. The van der Waals surface area contributed by atoms with Gasteiger partial charge in [-0.2, -0.15) is 0 Å². The molecule has 0 aliphatic heterocycles. The zero-order valence-electron chi connectivity index (χ0n) is 20.8. The van der Waals surface area contributed by atoms with Gasteiger partial charge in [0.05, 0.1) is 5.75 Å². The number of aromatic nitrogens is 5. The lowest BCUT2D eigenvalue weighted by Crippen LogP contribution is -2.15. The molecule has 0 spiro atoms. The fourth-order valence-electron chi connectivity index (χ4n) is 4.32. The summed E-state index contributed by atoms with van der Waals surface area (Å²) >= 11 is 9.08. The van der Waals surface area contributed by atoms with E-state index >= 15 is 0 Å². The van der Waals surface area contributed by atoms with Crippen LogP contribution in [0, 0.1) is 13.8 Å². The van der Waals surface area contributed by atoms with Gasteiger partial charge < -0.3 is 4.74 Å². The number of aryl methyl sites for hydroxylation is 2. The Morgan fingerprint density at radius 3 is 2.67 bits per heavy atom. The number of benzene rings is 1. The van der Waals surface area contributed by atoms with E-state index in [1.165, 1.54) is 42.4 Å². The predicted octanol–water partition coefficient (Wildman–Crippen LogP) is 6.50. The lowest BCUT2D eigenvalue weighted by Gasteiger charge is -2.18. The van der Waals surface area contributed by atoms with Crippen LogP contribution in [-0.2, 0) is 11.3 Å². The topological polar surface area (TPSA) is 94.8 Å². The average Bonchev–Trinajstić information content (AvgIpc) is 3.49. The van der Waals surface area contributed by atoms with E-state index in [9.17, 15) is 4.79 Å². The van der Waals surface area contributed by atoms with Crippen LogP contribution in [0.15, 0.2) is 29.9 Å². The smallest absolute Gasteiger partial charge is 0.236 e. The van der Waals surface area contributed by atoms with Crippen molar-refractivity contribution in [2.45, 2.75) is 76.6 Å². The van der Waals surface area contributed by atoms with Gasteiger partial charge in [-0.25, -0.2) is 0 Å². The van der Waals surface area contributed by atoms with E-state index in [0.717, 1.165) is 34.0 Å². The Hall–Kier alpha value is -2.43. The maximum atomic E-state index is 12.6. The number of allylic oxidation sites excluding steroid dienone is 1. The van der Waals surface area contributed by atoms with Gasteiger partial charge in [0.25, 0.3) is 0 Å². The fraction of sp³-hybridized carbons (Fsp3) is 0.480. The van der Waals surface area contributed by atoms with Gasteiger partial charge in [-0.05, 0) is 56.9 Å². The zero-order valence-corrected chi connectivity index (χ0v) is 23.2. The Bertz CT molecular complexity index is 1200. The number of carbonyl (C=O) groups excluding carboxylic acids is 1. The first-order valence-electron chi connectivity index (χ1n) is 12.1. The third-order valence-electron chi connectivity index (χ3n) is 6.12. The second-order valence-corrected chi connectivity index (χ2v) is 11.3. The van der Waals surface area contributed by atoms with Gasteiger partial charge in [-0.15, -0.1) is 27.0 Å². The van der Waals surface area contributed by atoms with Crippen LogP contribution >= 0.6 is 34.7 Å². The highest BCUT2D eigenvalue weighted by Crippen LogP contribution is 2.35. The van der Waals surface area contributed by atoms with Crippen molar-refractivity contribution in [1.29, 1.82) is 0 Å². The Morgan fingerprint density at radius 2 is 1.97 bits per heavy atom. The molecule has 0 radical (unpaired) electrons. The molecule has 192 valence electrons. The van der Waals surface area contributed by atoms with E-state index in [0.29, 0.717) is 34.3 Å². The number of thioether (sulfide) groups is 1. The van der Waals surface area contributed by atoms with Gasteiger partial charge in [0.1, 0.15) is 10.8 Å². The molecule has 11 heteroatoms. The number of anilines is 1. The fourth-order valence-corrected chi connectivity index (χ4v) is 6.12. The summed E-state index contributed by atoms with van der Waals surface area (Å²) in [5.74, 6) is 1.87. The van der Waals surface area contributed by atoms with Crippen LogP contribution in [0.25, 0.3) is 0 Å². The van der Waals surface area contributed by atoms with Crippen LogP contribution in [0.2, 0.25) is 5.02 Å². The quantitative estimate of drug-likeness (QED) is 0.229. The van der Waals surface area contributed by atoms with Crippen molar-refractivity contribution in [3.05, 3.63) is 51.8 Å². The molecule has 1 unspecified atom stereocenters. The average molecular weight is 547 g/mol. The molecule has 1 amide bonds. The van der Waals surface area contributed by atoms with Gasteiger partial charge in [0.15, 0.2) is 17.1 Å². The van der Waals surface area contributed by atoms with E-state index in [1.807, 2.05) is 37.5 Å². The Morgan fingerprint density at radius 1 is 1.25 bits per heavy atom. The Kier molecular flexibility index (Phi) is 9.03. The molecule has 36 heavy (non-hydrogen) atoms. The molecule has 2 heterocycles. The summed E-state index contributed by atoms with van der Waals surface area (Å²) in [6, 6.07) is 3.82. The van der Waals surface area contributed by atoms with Crippen molar-refractivity contribution >= 4 is 45.7 Å². The lowest BCUT2D eigenvalue weighted by atomic mass is 9.90. The van der Waals surface area contributed by atoms with Crippen molar-refractivity contribution in [1.82, 2.24) is 25.0 Å². The van der Waals surface area contributed by atoms with Gasteiger partial charge in [0, 0.05) is 17.5 Å². The third kappa shape index (κ3) is 6.46. The number of hydrogen-bond donors (Lipinski definition) is 1. The van der Waals surface area contributed by atoms with Gasteiger partial charge >= 0.3 is 0 Å². The Labute approximate surface area is 224 Å².